The van der Waals surface area contributed by atoms with Crippen LogP contribution in [0.1, 0.15) is 44.2 Å². The summed E-state index contributed by atoms with van der Waals surface area (Å²) in [6.45, 7) is 0. The van der Waals surface area contributed by atoms with E-state index >= 15 is 0 Å². The van der Waals surface area contributed by atoms with Crippen molar-refractivity contribution < 1.29 is 4.79 Å². The van der Waals surface area contributed by atoms with Crippen LogP contribution in [0.2, 0.25) is 0 Å². The third kappa shape index (κ3) is 2.86. The lowest BCUT2D eigenvalue weighted by atomic mass is 9.47. The fraction of sp³-hybridized carbons (Fsp3) is 0.407. The van der Waals surface area contributed by atoms with Crippen LogP contribution in [0.3, 0.4) is 0 Å². The van der Waals surface area contributed by atoms with Crippen molar-refractivity contribution in [3.63, 3.8) is 0 Å². The molecule has 0 N–H and O–H groups in total. The van der Waals surface area contributed by atoms with Crippen LogP contribution in [-0.2, 0) is 4.79 Å². The van der Waals surface area contributed by atoms with Gasteiger partial charge >= 0.3 is 0 Å². The second kappa shape index (κ2) is 6.94. The summed E-state index contributed by atoms with van der Waals surface area (Å²) < 4.78 is 0. The topological polar surface area (TPSA) is 33.2 Å². The van der Waals surface area contributed by atoms with Crippen LogP contribution in [0.4, 0.5) is 5.69 Å². The van der Waals surface area contributed by atoms with Crippen LogP contribution >= 0.6 is 0 Å². The number of aldehydes is 1. The van der Waals surface area contributed by atoms with E-state index in [1.807, 2.05) is 36.5 Å². The Morgan fingerprint density at radius 3 is 2.17 bits per heavy atom. The van der Waals surface area contributed by atoms with Crippen LogP contribution in [0, 0.1) is 23.2 Å². The first-order chi connectivity index (χ1) is 14.7. The summed E-state index contributed by atoms with van der Waals surface area (Å²) >= 11 is 0. The van der Waals surface area contributed by atoms with Crippen LogP contribution in [0.15, 0.2) is 72.6 Å². The van der Waals surface area contributed by atoms with Gasteiger partial charge in [0.15, 0.2) is 0 Å². The minimum Gasteiger partial charge on any atom is -0.333 e. The number of benzene rings is 1. The molecule has 0 amide bonds. The molecule has 1 aromatic heterocycles. The highest BCUT2D eigenvalue weighted by Crippen LogP contribution is 2.64. The van der Waals surface area contributed by atoms with Gasteiger partial charge in [-0.25, -0.2) is 0 Å². The van der Waals surface area contributed by atoms with Crippen molar-refractivity contribution in [3.8, 4) is 0 Å². The van der Waals surface area contributed by atoms with Crippen LogP contribution < -0.4 is 4.90 Å². The van der Waals surface area contributed by atoms with Crippen molar-refractivity contribution in [2.24, 2.45) is 23.2 Å². The highest BCUT2D eigenvalue weighted by Gasteiger charge is 2.54. The Morgan fingerprint density at radius 2 is 1.57 bits per heavy atom. The molecule has 5 aliphatic rings. The van der Waals surface area contributed by atoms with Gasteiger partial charge in [-0.05, 0) is 97.6 Å². The van der Waals surface area contributed by atoms with E-state index in [0.717, 1.165) is 34.7 Å². The lowest BCUT2D eigenvalue weighted by Gasteiger charge is -2.59. The first kappa shape index (κ1) is 18.1. The maximum atomic E-state index is 12.6. The van der Waals surface area contributed by atoms with E-state index in [4.69, 9.17) is 0 Å². The first-order valence-electron chi connectivity index (χ1n) is 11.4. The van der Waals surface area contributed by atoms with Gasteiger partial charge in [0.2, 0.25) is 0 Å². The monoisotopic (exact) mass is 396 g/mol. The lowest BCUT2D eigenvalue weighted by Crippen LogP contribution is -2.51. The molecule has 2 aromatic rings. The minimum atomic E-state index is -0.226. The van der Waals surface area contributed by atoms with E-state index < -0.39 is 0 Å². The van der Waals surface area contributed by atoms with E-state index in [-0.39, 0.29) is 11.5 Å². The molecule has 1 aromatic carbocycles. The number of allylic oxidation sites excluding steroid dienone is 2. The minimum absolute atomic E-state index is 0.182. The molecular weight excluding hydrogens is 368 g/mol. The molecular formula is C27H28N2O. The number of hydrogen-bond donors (Lipinski definition) is 0. The Labute approximate surface area is 178 Å². The number of carbonyl (C=O) groups excluding carboxylic acids is 1. The van der Waals surface area contributed by atoms with Gasteiger partial charge in [-0.1, -0.05) is 24.3 Å². The number of pyridine rings is 1. The zero-order chi connectivity index (χ0) is 20.1. The predicted octanol–water partition coefficient (Wildman–Crippen LogP) is 5.65. The molecule has 2 heterocycles. The van der Waals surface area contributed by atoms with Crippen molar-refractivity contribution >= 4 is 17.5 Å². The SMILES string of the molecule is O=CC1C(C23CC4CC(CC(C4)C2)C3)=CC(c2ccccn2)=CN1c1ccccc1. The number of nitrogens with zero attached hydrogens (tertiary/aromatic N) is 2. The molecule has 4 bridgehead atoms. The highest BCUT2D eigenvalue weighted by atomic mass is 16.1. The third-order valence-electron chi connectivity index (χ3n) is 8.00. The normalized spacial score (nSPS) is 34.5. The van der Waals surface area contributed by atoms with Crippen molar-refractivity contribution in [2.75, 3.05) is 4.90 Å². The number of hydrogen-bond acceptors (Lipinski definition) is 3. The molecule has 1 atom stereocenters. The summed E-state index contributed by atoms with van der Waals surface area (Å²) in [4.78, 5) is 19.4. The van der Waals surface area contributed by atoms with Gasteiger partial charge in [0, 0.05) is 23.7 Å². The average Bonchev–Trinajstić information content (AvgIpc) is 2.78. The molecule has 4 saturated carbocycles. The summed E-state index contributed by atoms with van der Waals surface area (Å²) in [6, 6.07) is 16.2. The maximum absolute atomic E-state index is 12.6. The summed E-state index contributed by atoms with van der Waals surface area (Å²) in [5, 5.41) is 0. The quantitative estimate of drug-likeness (QED) is 0.626. The lowest BCUT2D eigenvalue weighted by molar-refractivity contribution is -0.109. The Balaban J connectivity index is 1.49. The Morgan fingerprint density at radius 1 is 0.900 bits per heavy atom. The van der Waals surface area contributed by atoms with Crippen LogP contribution in [0.25, 0.3) is 5.57 Å². The molecule has 4 aliphatic carbocycles. The molecule has 1 unspecified atom stereocenters. The van der Waals surface area contributed by atoms with Gasteiger partial charge < -0.3 is 9.69 Å². The summed E-state index contributed by atoms with van der Waals surface area (Å²) in [6.07, 6.45) is 15.5. The van der Waals surface area contributed by atoms with E-state index in [0.29, 0.717) is 0 Å². The van der Waals surface area contributed by atoms with Gasteiger partial charge in [0.05, 0.1) is 5.69 Å². The Hall–Kier alpha value is -2.68. The number of carbonyl (C=O) groups is 1. The number of para-hydroxylation sites is 1. The van der Waals surface area contributed by atoms with E-state index in [1.54, 1.807) is 0 Å². The van der Waals surface area contributed by atoms with Gasteiger partial charge in [0.1, 0.15) is 12.3 Å². The fourth-order valence-electron chi connectivity index (χ4n) is 7.25. The molecule has 152 valence electrons. The summed E-state index contributed by atoms with van der Waals surface area (Å²) in [5.41, 5.74) is 4.68. The molecule has 0 spiro atoms. The predicted molar refractivity (Wildman–Crippen MR) is 120 cm³/mol. The largest absolute Gasteiger partial charge is 0.333 e. The van der Waals surface area contributed by atoms with E-state index in [9.17, 15) is 4.79 Å². The van der Waals surface area contributed by atoms with Gasteiger partial charge in [0.25, 0.3) is 0 Å². The molecule has 0 saturated heterocycles. The Kier molecular flexibility index (Phi) is 4.19. The molecule has 7 rings (SSSR count). The Bertz CT molecular complexity index is 972. The standard InChI is InChI=1S/C27H28N2O/c30-18-26-24(27-14-19-10-20(15-27)12-21(11-19)16-27)13-22(25-8-4-5-9-28-25)17-29(26)23-6-2-1-3-7-23/h1-9,13,17-21,26H,10-12,14-16H2. The van der Waals surface area contributed by atoms with Crippen molar-refractivity contribution in [2.45, 2.75) is 44.6 Å². The number of anilines is 1. The second-order valence-corrected chi connectivity index (χ2v) is 9.92. The van der Waals surface area contributed by atoms with Crippen molar-refractivity contribution in [1.82, 2.24) is 4.98 Å². The molecule has 0 radical (unpaired) electrons. The second-order valence-electron chi connectivity index (χ2n) is 9.92. The number of rotatable bonds is 4. The molecule has 3 heteroatoms. The van der Waals surface area contributed by atoms with E-state index in [2.05, 4.69) is 40.4 Å². The molecule has 30 heavy (non-hydrogen) atoms. The van der Waals surface area contributed by atoms with Crippen molar-refractivity contribution in [3.05, 3.63) is 78.3 Å². The molecule has 1 aliphatic heterocycles. The molecule has 4 fully saturated rings. The summed E-state index contributed by atoms with van der Waals surface area (Å²) in [5.74, 6) is 2.54. The van der Waals surface area contributed by atoms with Crippen LogP contribution in [-0.4, -0.2) is 17.3 Å². The number of aromatic nitrogens is 1. The molecule has 3 nitrogen and oxygen atoms in total. The smallest absolute Gasteiger partial charge is 0.147 e. The van der Waals surface area contributed by atoms with Gasteiger partial charge in [-0.2, -0.15) is 0 Å². The van der Waals surface area contributed by atoms with Crippen LogP contribution in [0.5, 0.6) is 0 Å². The third-order valence-corrected chi connectivity index (χ3v) is 8.00. The zero-order valence-electron chi connectivity index (χ0n) is 17.3. The average molecular weight is 397 g/mol. The van der Waals surface area contributed by atoms with Crippen molar-refractivity contribution in [1.29, 1.82) is 0 Å². The summed E-state index contributed by atoms with van der Waals surface area (Å²) in [7, 11) is 0. The highest BCUT2D eigenvalue weighted by molar-refractivity contribution is 5.85. The van der Waals surface area contributed by atoms with Gasteiger partial charge in [-0.3, -0.25) is 4.98 Å². The maximum Gasteiger partial charge on any atom is 0.147 e. The first-order valence-corrected chi connectivity index (χ1v) is 11.4. The van der Waals surface area contributed by atoms with Gasteiger partial charge in [-0.15, -0.1) is 0 Å². The van der Waals surface area contributed by atoms with E-state index in [1.165, 1.54) is 50.4 Å². The zero-order valence-corrected chi connectivity index (χ0v) is 17.3. The fourth-order valence-corrected chi connectivity index (χ4v) is 7.25.